The third-order valence-corrected chi connectivity index (χ3v) is 4.55. The molecule has 3 atom stereocenters. The maximum atomic E-state index is 5.80. The average molecular weight is 254 g/mol. The van der Waals surface area contributed by atoms with E-state index in [-0.39, 0.29) is 6.10 Å². The fourth-order valence-corrected chi connectivity index (χ4v) is 3.23. The van der Waals surface area contributed by atoms with Gasteiger partial charge in [-0.3, -0.25) is 4.90 Å². The number of piperazine rings is 1. The molecule has 3 fully saturated rings. The van der Waals surface area contributed by atoms with Gasteiger partial charge in [0.05, 0.1) is 25.9 Å². The van der Waals surface area contributed by atoms with Crippen LogP contribution >= 0.6 is 0 Å². The first-order valence-corrected chi connectivity index (χ1v) is 7.53. The van der Waals surface area contributed by atoms with Crippen molar-refractivity contribution in [3.8, 4) is 0 Å². The fraction of sp³-hybridized carbons (Fsp3) is 1.00. The Morgan fingerprint density at radius 2 is 2.17 bits per heavy atom. The minimum absolute atomic E-state index is 0.283. The van der Waals surface area contributed by atoms with Crippen molar-refractivity contribution in [2.45, 2.75) is 44.4 Å². The first kappa shape index (κ1) is 12.9. The lowest BCUT2D eigenvalue weighted by Gasteiger charge is -2.42. The van der Waals surface area contributed by atoms with E-state index in [9.17, 15) is 0 Å². The lowest BCUT2D eigenvalue weighted by molar-refractivity contribution is -0.103. The van der Waals surface area contributed by atoms with E-state index in [1.54, 1.807) is 0 Å². The van der Waals surface area contributed by atoms with E-state index in [2.05, 4.69) is 17.1 Å². The molecule has 0 aromatic rings. The smallest absolute Gasteiger partial charge is 0.0936 e. The van der Waals surface area contributed by atoms with E-state index in [1.807, 2.05) is 0 Å². The van der Waals surface area contributed by atoms with Gasteiger partial charge in [0.1, 0.15) is 0 Å². The molecule has 1 saturated carbocycles. The van der Waals surface area contributed by atoms with Crippen molar-refractivity contribution in [1.29, 1.82) is 0 Å². The molecule has 4 heteroatoms. The second-order valence-electron chi connectivity index (χ2n) is 5.94. The zero-order valence-corrected chi connectivity index (χ0v) is 11.4. The van der Waals surface area contributed by atoms with Crippen LogP contribution in [0.1, 0.15) is 26.2 Å². The van der Waals surface area contributed by atoms with Gasteiger partial charge in [0.2, 0.25) is 0 Å². The van der Waals surface area contributed by atoms with Crippen molar-refractivity contribution in [3.05, 3.63) is 0 Å². The number of hydrogen-bond donors (Lipinski definition) is 1. The summed E-state index contributed by atoms with van der Waals surface area (Å²) in [6.45, 7) is 7.97. The Labute approximate surface area is 110 Å². The van der Waals surface area contributed by atoms with Gasteiger partial charge in [0, 0.05) is 31.7 Å². The second-order valence-corrected chi connectivity index (χ2v) is 5.94. The molecule has 0 aromatic carbocycles. The van der Waals surface area contributed by atoms with Crippen LogP contribution in [0.3, 0.4) is 0 Å². The zero-order chi connectivity index (χ0) is 12.4. The molecular formula is C14H26N2O2. The molecule has 4 nitrogen and oxygen atoms in total. The Balaban J connectivity index is 1.55. The maximum Gasteiger partial charge on any atom is 0.0936 e. The fourth-order valence-electron chi connectivity index (χ4n) is 3.23. The molecule has 3 aliphatic rings. The van der Waals surface area contributed by atoms with Crippen LogP contribution in [0, 0.1) is 5.92 Å². The Morgan fingerprint density at radius 1 is 1.28 bits per heavy atom. The van der Waals surface area contributed by atoms with E-state index in [0.29, 0.717) is 6.04 Å². The number of hydrogen-bond acceptors (Lipinski definition) is 4. The van der Waals surface area contributed by atoms with E-state index < -0.39 is 0 Å². The quantitative estimate of drug-likeness (QED) is 0.807. The number of nitrogens with one attached hydrogen (secondary N) is 1. The van der Waals surface area contributed by atoms with Gasteiger partial charge >= 0.3 is 0 Å². The van der Waals surface area contributed by atoms with E-state index >= 15 is 0 Å². The molecule has 3 rings (SSSR count). The summed E-state index contributed by atoms with van der Waals surface area (Å²) in [6.07, 6.45) is 4.35. The molecule has 18 heavy (non-hydrogen) atoms. The molecule has 0 bridgehead atoms. The average Bonchev–Trinajstić information content (AvgIpc) is 3.24. The van der Waals surface area contributed by atoms with Gasteiger partial charge in [0.15, 0.2) is 0 Å². The number of nitrogens with zero attached hydrogens (tertiary/aromatic N) is 1. The molecule has 2 saturated heterocycles. The Kier molecular flexibility index (Phi) is 4.19. The van der Waals surface area contributed by atoms with Crippen molar-refractivity contribution in [3.63, 3.8) is 0 Å². The molecule has 3 unspecified atom stereocenters. The lowest BCUT2D eigenvalue weighted by Crippen LogP contribution is -2.59. The summed E-state index contributed by atoms with van der Waals surface area (Å²) in [6, 6.07) is 1.39. The van der Waals surface area contributed by atoms with Crippen LogP contribution in [-0.4, -0.2) is 62.5 Å². The summed E-state index contributed by atoms with van der Waals surface area (Å²) in [5.41, 5.74) is 0. The SMILES string of the molecule is CCC1CNC(C2CC2)CN1CC1COCCO1. The Bertz CT molecular complexity index is 265. The second kappa shape index (κ2) is 5.87. The maximum absolute atomic E-state index is 5.80. The predicted molar refractivity (Wildman–Crippen MR) is 70.7 cm³/mol. The molecular weight excluding hydrogens is 228 g/mol. The lowest BCUT2D eigenvalue weighted by atomic mass is 10.0. The number of ether oxygens (including phenoxy) is 2. The topological polar surface area (TPSA) is 33.7 Å². The standard InChI is InChI=1S/C14H26N2O2/c1-2-12-7-15-14(11-3-4-11)9-16(12)8-13-10-17-5-6-18-13/h11-15H,2-10H2,1H3. The van der Waals surface area contributed by atoms with Gasteiger partial charge < -0.3 is 14.8 Å². The summed E-state index contributed by atoms with van der Waals surface area (Å²) < 4.78 is 11.3. The molecule has 2 heterocycles. The summed E-state index contributed by atoms with van der Waals surface area (Å²) in [5.74, 6) is 0.939. The Morgan fingerprint density at radius 3 is 2.83 bits per heavy atom. The number of rotatable bonds is 4. The van der Waals surface area contributed by atoms with E-state index in [4.69, 9.17) is 9.47 Å². The van der Waals surface area contributed by atoms with Crippen molar-refractivity contribution in [1.82, 2.24) is 10.2 Å². The van der Waals surface area contributed by atoms with Crippen LogP contribution in [0.4, 0.5) is 0 Å². The monoisotopic (exact) mass is 254 g/mol. The van der Waals surface area contributed by atoms with Crippen LogP contribution in [-0.2, 0) is 9.47 Å². The van der Waals surface area contributed by atoms with Gasteiger partial charge in [-0.25, -0.2) is 0 Å². The third kappa shape index (κ3) is 3.05. The van der Waals surface area contributed by atoms with Gasteiger partial charge in [-0.2, -0.15) is 0 Å². The first-order valence-electron chi connectivity index (χ1n) is 7.53. The first-order chi connectivity index (χ1) is 8.86. The minimum Gasteiger partial charge on any atom is -0.376 e. The van der Waals surface area contributed by atoms with Gasteiger partial charge in [0.25, 0.3) is 0 Å². The van der Waals surface area contributed by atoms with Gasteiger partial charge in [-0.15, -0.1) is 0 Å². The summed E-state index contributed by atoms with van der Waals surface area (Å²) in [7, 11) is 0. The van der Waals surface area contributed by atoms with E-state index in [0.717, 1.165) is 44.9 Å². The van der Waals surface area contributed by atoms with Crippen LogP contribution in [0.25, 0.3) is 0 Å². The predicted octanol–water partition coefficient (Wildman–Crippen LogP) is 0.864. The molecule has 104 valence electrons. The summed E-state index contributed by atoms with van der Waals surface area (Å²) in [5, 5.41) is 3.74. The minimum atomic E-state index is 0.283. The van der Waals surface area contributed by atoms with Gasteiger partial charge in [-0.05, 0) is 25.2 Å². The van der Waals surface area contributed by atoms with Crippen molar-refractivity contribution < 1.29 is 9.47 Å². The van der Waals surface area contributed by atoms with Crippen LogP contribution in [0.2, 0.25) is 0 Å². The Hall–Kier alpha value is -0.160. The molecule has 0 radical (unpaired) electrons. The van der Waals surface area contributed by atoms with Crippen LogP contribution in [0.5, 0.6) is 0 Å². The van der Waals surface area contributed by atoms with Gasteiger partial charge in [-0.1, -0.05) is 6.92 Å². The van der Waals surface area contributed by atoms with Crippen molar-refractivity contribution in [2.24, 2.45) is 5.92 Å². The molecule has 1 N–H and O–H groups in total. The summed E-state index contributed by atoms with van der Waals surface area (Å²) >= 11 is 0. The van der Waals surface area contributed by atoms with Crippen molar-refractivity contribution in [2.75, 3.05) is 39.5 Å². The third-order valence-electron chi connectivity index (χ3n) is 4.55. The molecule has 0 amide bonds. The molecule has 2 aliphatic heterocycles. The highest BCUT2D eigenvalue weighted by atomic mass is 16.6. The highest BCUT2D eigenvalue weighted by molar-refractivity contribution is 4.94. The zero-order valence-electron chi connectivity index (χ0n) is 11.4. The molecule has 0 aromatic heterocycles. The highest BCUT2D eigenvalue weighted by Gasteiger charge is 2.37. The van der Waals surface area contributed by atoms with Crippen LogP contribution in [0.15, 0.2) is 0 Å². The van der Waals surface area contributed by atoms with Crippen molar-refractivity contribution >= 4 is 0 Å². The normalized spacial score (nSPS) is 38.8. The summed E-state index contributed by atoms with van der Waals surface area (Å²) in [4.78, 5) is 2.64. The molecule has 0 spiro atoms. The largest absolute Gasteiger partial charge is 0.376 e. The van der Waals surface area contributed by atoms with E-state index in [1.165, 1.54) is 25.8 Å². The van der Waals surface area contributed by atoms with Crippen LogP contribution < -0.4 is 5.32 Å². The highest BCUT2D eigenvalue weighted by Crippen LogP contribution is 2.34. The molecule has 1 aliphatic carbocycles.